The van der Waals surface area contributed by atoms with Crippen molar-refractivity contribution >= 4 is 30.5 Å². The van der Waals surface area contributed by atoms with Crippen LogP contribution >= 0.6 is 0 Å². The lowest BCUT2D eigenvalue weighted by Gasteiger charge is -2.38. The molecule has 5 aromatic rings. The third-order valence-electron chi connectivity index (χ3n) is 8.39. The molecule has 5 rings (SSSR count). The lowest BCUT2D eigenvalue weighted by molar-refractivity contribution is 0.714. The van der Waals surface area contributed by atoms with Crippen LogP contribution in [0.25, 0.3) is 33.5 Å². The highest BCUT2D eigenvalue weighted by molar-refractivity contribution is 6.79. The predicted octanol–water partition coefficient (Wildman–Crippen LogP) is 10.7. The van der Waals surface area contributed by atoms with E-state index in [1.807, 2.05) is 0 Å². The molecule has 0 N–H and O–H groups in total. The molecule has 0 bridgehead atoms. The van der Waals surface area contributed by atoms with Gasteiger partial charge in [0.25, 0.3) is 0 Å². The maximum Gasteiger partial charge on any atom is 0.0571 e. The molecule has 38 heavy (non-hydrogen) atoms. The molecule has 0 saturated heterocycles. The third-order valence-corrected chi connectivity index (χ3v) is 13.7. The molecule has 0 radical (unpaired) electrons. The van der Waals surface area contributed by atoms with Crippen molar-refractivity contribution in [1.29, 1.82) is 0 Å². The second-order valence-corrected chi connectivity index (χ2v) is 17.6. The molecule has 0 nitrogen and oxygen atoms in total. The highest BCUT2D eigenvalue weighted by Crippen LogP contribution is 2.42. The van der Waals surface area contributed by atoms with Gasteiger partial charge in [0.15, 0.2) is 0 Å². The van der Waals surface area contributed by atoms with Gasteiger partial charge in [-0.25, -0.2) is 0 Å². The molecule has 0 heterocycles. The zero-order valence-corrected chi connectivity index (χ0v) is 24.3. The van der Waals surface area contributed by atoms with E-state index < -0.39 is 8.07 Å². The highest BCUT2D eigenvalue weighted by atomic mass is 28.3. The van der Waals surface area contributed by atoms with Crippen LogP contribution in [0.1, 0.15) is 43.0 Å². The summed E-state index contributed by atoms with van der Waals surface area (Å²) in [6, 6.07) is 45.1. The minimum absolute atomic E-state index is 0.300. The van der Waals surface area contributed by atoms with Gasteiger partial charge in [0.2, 0.25) is 0 Å². The Kier molecular flexibility index (Phi) is 7.23. The summed E-state index contributed by atoms with van der Waals surface area (Å²) in [4.78, 5) is 0. The molecule has 1 heteroatoms. The van der Waals surface area contributed by atoms with Gasteiger partial charge in [-0.15, -0.1) is 0 Å². The third kappa shape index (κ3) is 5.30. The van der Waals surface area contributed by atoms with Crippen molar-refractivity contribution in [2.45, 2.75) is 44.9 Å². The molecule has 0 amide bonds. The van der Waals surface area contributed by atoms with Gasteiger partial charge in [-0.3, -0.25) is 0 Å². The maximum absolute atomic E-state index is 2.55. The fourth-order valence-electron chi connectivity index (χ4n) is 5.07. The summed E-state index contributed by atoms with van der Waals surface area (Å²) in [5.74, 6) is 0. The molecule has 0 aliphatic rings. The maximum atomic E-state index is 2.55. The highest BCUT2D eigenvalue weighted by Gasteiger charge is 2.36. The van der Waals surface area contributed by atoms with Gasteiger partial charge >= 0.3 is 0 Å². The van der Waals surface area contributed by atoms with Crippen LogP contribution in [0.5, 0.6) is 0 Å². The van der Waals surface area contributed by atoms with E-state index in [0.717, 1.165) is 6.04 Å². The quantitative estimate of drug-likeness (QED) is 0.157. The first-order valence-electron chi connectivity index (χ1n) is 13.7. The van der Waals surface area contributed by atoms with E-state index in [1.54, 1.807) is 0 Å². The van der Waals surface area contributed by atoms with E-state index in [2.05, 4.69) is 161 Å². The number of benzene rings is 5. The van der Waals surface area contributed by atoms with E-state index >= 15 is 0 Å². The Morgan fingerprint density at radius 2 is 1.11 bits per heavy atom. The summed E-state index contributed by atoms with van der Waals surface area (Å²) < 4.78 is 0. The number of hydrogen-bond donors (Lipinski definition) is 0. The average Bonchev–Trinajstić information content (AvgIpc) is 2.93. The van der Waals surface area contributed by atoms with E-state index in [-0.39, 0.29) is 0 Å². The molecule has 0 unspecified atom stereocenters. The first kappa shape index (κ1) is 25.9. The van der Waals surface area contributed by atoms with Crippen LogP contribution in [0.3, 0.4) is 0 Å². The first-order valence-corrected chi connectivity index (χ1v) is 16.9. The fraction of sp³-hybridized carbons (Fsp3) is 0.189. The van der Waals surface area contributed by atoms with Crippen molar-refractivity contribution in [3.05, 3.63) is 144 Å². The van der Waals surface area contributed by atoms with E-state index in [1.165, 1.54) is 49.7 Å². The molecular formula is C37H38Si. The summed E-state index contributed by atoms with van der Waals surface area (Å²) in [6.45, 7) is 12.4. The summed E-state index contributed by atoms with van der Waals surface area (Å²) in [5, 5.41) is 3.02. The lowest BCUT2D eigenvalue weighted by atomic mass is 9.89. The Morgan fingerprint density at radius 1 is 0.632 bits per heavy atom. The van der Waals surface area contributed by atoms with Crippen LogP contribution in [0.4, 0.5) is 0 Å². The Labute approximate surface area is 229 Å². The second-order valence-electron chi connectivity index (χ2n) is 12.0. The summed E-state index contributed by atoms with van der Waals surface area (Å²) in [6.07, 6.45) is 2.45. The monoisotopic (exact) mass is 510 g/mol. The fourth-order valence-corrected chi connectivity index (χ4v) is 6.88. The Morgan fingerprint density at radius 3 is 1.63 bits per heavy atom. The molecule has 0 fully saturated rings. The molecule has 190 valence electrons. The van der Waals surface area contributed by atoms with Crippen LogP contribution in [0, 0.1) is 0 Å². The van der Waals surface area contributed by atoms with Gasteiger partial charge < -0.3 is 0 Å². The summed E-state index contributed by atoms with van der Waals surface area (Å²) >= 11 is 0. The number of fused-ring (bicyclic) bond motifs is 1. The molecule has 0 atom stereocenters. The lowest BCUT2D eigenvalue weighted by Crippen LogP contribution is -2.40. The van der Waals surface area contributed by atoms with Gasteiger partial charge in [-0.2, -0.15) is 0 Å². The summed E-state index contributed by atoms with van der Waals surface area (Å²) in [5.41, 5.74) is 9.12. The van der Waals surface area contributed by atoms with Crippen molar-refractivity contribution < 1.29 is 0 Å². The largest absolute Gasteiger partial charge is 0.0687 e. The molecular weight excluding hydrogens is 472 g/mol. The van der Waals surface area contributed by atoms with E-state index in [4.69, 9.17) is 0 Å². The van der Waals surface area contributed by atoms with Crippen LogP contribution in [-0.2, 0) is 6.04 Å². The Hall–Kier alpha value is -3.68. The average molecular weight is 511 g/mol. The zero-order valence-electron chi connectivity index (χ0n) is 23.3. The predicted molar refractivity (Wildman–Crippen MR) is 170 cm³/mol. The zero-order chi connectivity index (χ0) is 26.8. The van der Waals surface area contributed by atoms with Gasteiger partial charge in [0, 0.05) is 0 Å². The van der Waals surface area contributed by atoms with E-state index in [9.17, 15) is 0 Å². The molecule has 5 aromatic carbocycles. The second kappa shape index (κ2) is 10.6. The number of hydrogen-bond acceptors (Lipinski definition) is 0. The molecule has 0 spiro atoms. The Balaban J connectivity index is 1.85. The minimum atomic E-state index is -1.63. The van der Waals surface area contributed by atoms with Crippen molar-refractivity contribution in [3.63, 3.8) is 0 Å². The molecule has 0 aliphatic heterocycles. The molecule has 0 saturated carbocycles. The number of rotatable bonds is 6. The first-order chi connectivity index (χ1) is 18.2. The van der Waals surface area contributed by atoms with Crippen LogP contribution in [0.15, 0.2) is 121 Å². The topological polar surface area (TPSA) is 0 Å². The molecule has 0 aromatic heterocycles. The standard InChI is InChI=1S/C37H38Si/c1-37(2,3)38(4,5)27-36-31(25-34(28-17-9-6-10-18-28)29-19-11-7-12-20-29)26-35(30-21-13-8-14-22-30)32-23-15-16-24-33(32)36/h6-26H,27H2,1-5H3. The van der Waals surface area contributed by atoms with Crippen molar-refractivity contribution in [1.82, 2.24) is 0 Å². The van der Waals surface area contributed by atoms with Gasteiger partial charge in [0.05, 0.1) is 8.07 Å². The van der Waals surface area contributed by atoms with Crippen molar-refractivity contribution in [3.8, 4) is 11.1 Å². The van der Waals surface area contributed by atoms with E-state index in [0.29, 0.717) is 5.04 Å². The van der Waals surface area contributed by atoms with Crippen LogP contribution in [-0.4, -0.2) is 8.07 Å². The van der Waals surface area contributed by atoms with Gasteiger partial charge in [-0.05, 0) is 73.0 Å². The van der Waals surface area contributed by atoms with Crippen LogP contribution in [0.2, 0.25) is 18.1 Å². The van der Waals surface area contributed by atoms with Gasteiger partial charge in [-0.1, -0.05) is 149 Å². The Bertz CT molecular complexity index is 1510. The minimum Gasteiger partial charge on any atom is -0.0687 e. The van der Waals surface area contributed by atoms with Gasteiger partial charge in [0.1, 0.15) is 0 Å². The molecule has 0 aliphatic carbocycles. The van der Waals surface area contributed by atoms with Crippen molar-refractivity contribution in [2.75, 3.05) is 0 Å². The van der Waals surface area contributed by atoms with Crippen LogP contribution < -0.4 is 0 Å². The SMILES string of the molecule is CC(C)(C)[Si](C)(C)Cc1c(C=C(c2ccccc2)c2ccccc2)cc(-c2ccccc2)c2ccccc12. The normalized spacial score (nSPS) is 11.9. The smallest absolute Gasteiger partial charge is 0.0571 e. The van der Waals surface area contributed by atoms with Crippen molar-refractivity contribution in [2.24, 2.45) is 0 Å². The summed E-state index contributed by atoms with van der Waals surface area (Å²) in [7, 11) is -1.63.